The van der Waals surface area contributed by atoms with Crippen molar-refractivity contribution in [3.8, 4) is 11.5 Å². The van der Waals surface area contributed by atoms with Crippen molar-refractivity contribution in [3.05, 3.63) is 59.7 Å². The Bertz CT molecular complexity index is 615. The number of rotatable bonds is 6. The molecule has 0 amide bonds. The lowest BCUT2D eigenvalue weighted by atomic mass is 9.88. The van der Waals surface area contributed by atoms with Crippen molar-refractivity contribution in [2.45, 2.75) is 25.5 Å². The summed E-state index contributed by atoms with van der Waals surface area (Å²) in [4.78, 5) is 0. The maximum atomic E-state index is 10.4. The summed E-state index contributed by atoms with van der Waals surface area (Å²) >= 11 is 0. The molecule has 0 radical (unpaired) electrons. The minimum Gasteiger partial charge on any atom is -0.508 e. The lowest BCUT2D eigenvalue weighted by Crippen LogP contribution is -2.36. The Hall–Kier alpha value is -2.04. The van der Waals surface area contributed by atoms with Gasteiger partial charge in [-0.3, -0.25) is 0 Å². The molecule has 0 fully saturated rings. The number of nitrogens with two attached hydrogens (primary N) is 1. The van der Waals surface area contributed by atoms with E-state index in [1.54, 1.807) is 31.4 Å². The molecule has 0 bridgehead atoms. The summed E-state index contributed by atoms with van der Waals surface area (Å²) in [7, 11) is 1.64. The smallest absolute Gasteiger partial charge is 0.122 e. The Balaban J connectivity index is 2.12. The molecule has 118 valence electrons. The van der Waals surface area contributed by atoms with Crippen molar-refractivity contribution < 1.29 is 14.9 Å². The Labute approximate surface area is 131 Å². The molecule has 0 saturated heterocycles. The molecule has 4 heteroatoms. The molecule has 2 rings (SSSR count). The summed E-state index contributed by atoms with van der Waals surface area (Å²) < 4.78 is 5.35. The van der Waals surface area contributed by atoms with Crippen LogP contribution in [0.2, 0.25) is 0 Å². The van der Waals surface area contributed by atoms with Crippen LogP contribution in [0.3, 0.4) is 0 Å². The average molecular weight is 301 g/mol. The molecule has 3 unspecified atom stereocenters. The molecule has 0 saturated carbocycles. The van der Waals surface area contributed by atoms with Gasteiger partial charge in [-0.1, -0.05) is 43.3 Å². The fourth-order valence-electron chi connectivity index (χ4n) is 2.61. The SMILES string of the molecule is COc1ccccc1CC(C)C(N)C(O)c1ccccc1O. The first kappa shape index (κ1) is 16.3. The number of phenolic OH excluding ortho intramolecular Hbond substituents is 1. The van der Waals surface area contributed by atoms with E-state index in [1.807, 2.05) is 31.2 Å². The lowest BCUT2D eigenvalue weighted by Gasteiger charge is -2.26. The normalized spacial score (nSPS) is 15.1. The number of hydrogen-bond donors (Lipinski definition) is 3. The van der Waals surface area contributed by atoms with Crippen LogP contribution < -0.4 is 10.5 Å². The van der Waals surface area contributed by atoms with E-state index in [-0.39, 0.29) is 11.7 Å². The Kier molecular flexibility index (Phi) is 5.41. The van der Waals surface area contributed by atoms with Gasteiger partial charge < -0.3 is 20.7 Å². The van der Waals surface area contributed by atoms with Crippen LogP contribution in [0, 0.1) is 5.92 Å². The second kappa shape index (κ2) is 7.29. The molecule has 4 nitrogen and oxygen atoms in total. The van der Waals surface area contributed by atoms with E-state index in [9.17, 15) is 10.2 Å². The summed E-state index contributed by atoms with van der Waals surface area (Å²) in [5, 5.41) is 20.3. The number of aliphatic hydroxyl groups is 1. The first-order chi connectivity index (χ1) is 10.5. The van der Waals surface area contributed by atoms with Crippen LogP contribution in [-0.2, 0) is 6.42 Å². The van der Waals surface area contributed by atoms with Crippen molar-refractivity contribution in [1.29, 1.82) is 0 Å². The highest BCUT2D eigenvalue weighted by Gasteiger charge is 2.25. The second-order valence-electron chi connectivity index (χ2n) is 5.57. The summed E-state index contributed by atoms with van der Waals surface area (Å²) in [6.07, 6.45) is -0.221. The van der Waals surface area contributed by atoms with Gasteiger partial charge in [-0.2, -0.15) is 0 Å². The lowest BCUT2D eigenvalue weighted by molar-refractivity contribution is 0.118. The van der Waals surface area contributed by atoms with E-state index in [2.05, 4.69) is 0 Å². The highest BCUT2D eigenvalue weighted by molar-refractivity contribution is 5.36. The zero-order valence-electron chi connectivity index (χ0n) is 12.9. The van der Waals surface area contributed by atoms with Gasteiger partial charge in [0, 0.05) is 11.6 Å². The number of hydrogen-bond acceptors (Lipinski definition) is 4. The molecule has 22 heavy (non-hydrogen) atoms. The zero-order chi connectivity index (χ0) is 16.1. The molecule has 0 aliphatic heterocycles. The highest BCUT2D eigenvalue weighted by atomic mass is 16.5. The van der Waals surface area contributed by atoms with E-state index in [0.29, 0.717) is 12.0 Å². The molecule has 0 aliphatic carbocycles. The molecule has 2 aromatic rings. The summed E-state index contributed by atoms with van der Waals surface area (Å²) in [6, 6.07) is 14.0. The molecular weight excluding hydrogens is 278 g/mol. The summed E-state index contributed by atoms with van der Waals surface area (Å²) in [6.45, 7) is 1.99. The van der Waals surface area contributed by atoms with Crippen LogP contribution in [0.15, 0.2) is 48.5 Å². The van der Waals surface area contributed by atoms with E-state index < -0.39 is 12.1 Å². The van der Waals surface area contributed by atoms with Crippen molar-refractivity contribution in [3.63, 3.8) is 0 Å². The molecule has 0 heterocycles. The van der Waals surface area contributed by atoms with Crippen molar-refractivity contribution in [2.75, 3.05) is 7.11 Å². The first-order valence-corrected chi connectivity index (χ1v) is 7.38. The van der Waals surface area contributed by atoms with Crippen molar-refractivity contribution >= 4 is 0 Å². The maximum Gasteiger partial charge on any atom is 0.122 e. The third-order valence-electron chi connectivity index (χ3n) is 4.01. The number of aliphatic hydroxyl groups excluding tert-OH is 1. The minimum atomic E-state index is -0.911. The van der Waals surface area contributed by atoms with Crippen molar-refractivity contribution in [1.82, 2.24) is 0 Å². The molecule has 4 N–H and O–H groups in total. The monoisotopic (exact) mass is 301 g/mol. The molecular formula is C18H23NO3. The predicted octanol–water partition coefficient (Wildman–Crippen LogP) is 2.64. The van der Waals surface area contributed by atoms with Gasteiger partial charge in [0.15, 0.2) is 0 Å². The molecule has 0 aliphatic rings. The van der Waals surface area contributed by atoms with Crippen LogP contribution >= 0.6 is 0 Å². The van der Waals surface area contributed by atoms with Gasteiger partial charge in [0.05, 0.1) is 13.2 Å². The van der Waals surface area contributed by atoms with Gasteiger partial charge in [-0.25, -0.2) is 0 Å². The van der Waals surface area contributed by atoms with Crippen molar-refractivity contribution in [2.24, 2.45) is 11.7 Å². The van der Waals surface area contributed by atoms with Gasteiger partial charge in [0.25, 0.3) is 0 Å². The standard InChI is InChI=1S/C18H23NO3/c1-12(11-13-7-3-6-10-16(13)22-2)17(19)18(21)14-8-4-5-9-15(14)20/h3-10,12,17-18,20-21H,11,19H2,1-2H3. The average Bonchev–Trinajstić information content (AvgIpc) is 2.54. The van der Waals surface area contributed by atoms with E-state index in [0.717, 1.165) is 11.3 Å². The topological polar surface area (TPSA) is 75.7 Å². The quantitative estimate of drug-likeness (QED) is 0.766. The van der Waals surface area contributed by atoms with Crippen LogP contribution in [0.25, 0.3) is 0 Å². The number of benzene rings is 2. The minimum absolute atomic E-state index is 0.0194. The predicted molar refractivity (Wildman–Crippen MR) is 86.9 cm³/mol. The van der Waals surface area contributed by atoms with Gasteiger partial charge in [0.1, 0.15) is 11.5 Å². The number of methoxy groups -OCH3 is 1. The Morgan fingerprint density at radius 1 is 1.09 bits per heavy atom. The van der Waals surface area contributed by atoms with E-state index in [4.69, 9.17) is 10.5 Å². The maximum absolute atomic E-state index is 10.4. The van der Waals surface area contributed by atoms with Gasteiger partial charge in [-0.05, 0) is 30.0 Å². The third kappa shape index (κ3) is 3.59. The summed E-state index contributed by atoms with van der Waals surface area (Å²) in [5.74, 6) is 0.902. The van der Waals surface area contributed by atoms with Crippen LogP contribution in [0.5, 0.6) is 11.5 Å². The first-order valence-electron chi connectivity index (χ1n) is 7.38. The fraction of sp³-hybridized carbons (Fsp3) is 0.333. The second-order valence-corrected chi connectivity index (χ2v) is 5.57. The third-order valence-corrected chi connectivity index (χ3v) is 4.01. The summed E-state index contributed by atoms with van der Waals surface area (Å²) in [5.41, 5.74) is 7.71. The fourth-order valence-corrected chi connectivity index (χ4v) is 2.61. The van der Waals surface area contributed by atoms with Gasteiger partial charge in [0.2, 0.25) is 0 Å². The number of ether oxygens (including phenoxy) is 1. The van der Waals surface area contributed by atoms with E-state index in [1.165, 1.54) is 0 Å². The molecule has 0 spiro atoms. The Morgan fingerprint density at radius 3 is 2.41 bits per heavy atom. The van der Waals surface area contributed by atoms with Crippen LogP contribution in [0.1, 0.15) is 24.2 Å². The molecule has 2 aromatic carbocycles. The largest absolute Gasteiger partial charge is 0.508 e. The Morgan fingerprint density at radius 2 is 1.73 bits per heavy atom. The number of para-hydroxylation sites is 2. The van der Waals surface area contributed by atoms with Gasteiger partial charge in [-0.15, -0.1) is 0 Å². The zero-order valence-corrected chi connectivity index (χ0v) is 12.9. The van der Waals surface area contributed by atoms with E-state index >= 15 is 0 Å². The number of aromatic hydroxyl groups is 1. The highest BCUT2D eigenvalue weighted by Crippen LogP contribution is 2.30. The van der Waals surface area contributed by atoms with Gasteiger partial charge >= 0.3 is 0 Å². The molecule has 0 aromatic heterocycles. The van der Waals surface area contributed by atoms with Crippen LogP contribution in [0.4, 0.5) is 0 Å². The molecule has 3 atom stereocenters. The number of phenols is 1. The van der Waals surface area contributed by atoms with Crippen LogP contribution in [-0.4, -0.2) is 23.4 Å².